The summed E-state index contributed by atoms with van der Waals surface area (Å²) in [6.07, 6.45) is 4.00. The molecule has 0 bridgehead atoms. The topological polar surface area (TPSA) is 38.9 Å². The Morgan fingerprint density at radius 1 is 1.46 bits per heavy atom. The maximum atomic E-state index is 5.40. The van der Waals surface area contributed by atoms with E-state index in [4.69, 9.17) is 5.73 Å². The smallest absolute Gasteiger partial charge is 0.0818 e. The van der Waals surface area contributed by atoms with Crippen LogP contribution in [0.4, 0.5) is 0 Å². The van der Waals surface area contributed by atoms with Crippen LogP contribution in [0.25, 0.3) is 16.3 Å². The number of rotatable bonds is 2. The molecule has 1 aromatic heterocycles. The highest BCUT2D eigenvalue weighted by atomic mass is 32.1. The first-order valence-corrected chi connectivity index (χ1v) is 4.98. The fourth-order valence-electron chi connectivity index (χ4n) is 1.23. The third kappa shape index (κ3) is 1.61. The van der Waals surface area contributed by atoms with Gasteiger partial charge in [-0.3, -0.25) is 0 Å². The van der Waals surface area contributed by atoms with E-state index in [1.165, 1.54) is 10.3 Å². The number of nitrogens with zero attached hydrogens (tertiary/aromatic N) is 1. The van der Waals surface area contributed by atoms with Crippen LogP contribution in [0.15, 0.2) is 29.8 Å². The minimum atomic E-state index is 0.579. The molecule has 0 aliphatic heterocycles. The SMILES string of the molecule is NC/C=C/c1cccc2ncsc12. The lowest BCUT2D eigenvalue weighted by Crippen LogP contribution is -1.91. The number of thiazole rings is 1. The highest BCUT2D eigenvalue weighted by Gasteiger charge is 1.98. The van der Waals surface area contributed by atoms with Gasteiger partial charge in [-0.15, -0.1) is 11.3 Å². The van der Waals surface area contributed by atoms with E-state index in [9.17, 15) is 0 Å². The number of benzene rings is 1. The minimum Gasteiger partial charge on any atom is -0.327 e. The van der Waals surface area contributed by atoms with Gasteiger partial charge in [-0.05, 0) is 11.6 Å². The number of hydrogen-bond acceptors (Lipinski definition) is 3. The van der Waals surface area contributed by atoms with Crippen LogP contribution in [0, 0.1) is 0 Å². The lowest BCUT2D eigenvalue weighted by atomic mass is 10.2. The van der Waals surface area contributed by atoms with E-state index in [0.717, 1.165) is 5.52 Å². The molecule has 0 fully saturated rings. The predicted octanol–water partition coefficient (Wildman–Crippen LogP) is 2.27. The zero-order valence-corrected chi connectivity index (χ0v) is 7.92. The second-order valence-corrected chi connectivity index (χ2v) is 3.54. The normalized spacial score (nSPS) is 11.5. The summed E-state index contributed by atoms with van der Waals surface area (Å²) < 4.78 is 1.23. The molecule has 0 spiro atoms. The molecular weight excluding hydrogens is 180 g/mol. The van der Waals surface area contributed by atoms with E-state index in [-0.39, 0.29) is 0 Å². The van der Waals surface area contributed by atoms with E-state index < -0.39 is 0 Å². The van der Waals surface area contributed by atoms with Crippen molar-refractivity contribution < 1.29 is 0 Å². The predicted molar refractivity (Wildman–Crippen MR) is 57.7 cm³/mol. The summed E-state index contributed by atoms with van der Waals surface area (Å²) in [5.41, 5.74) is 9.52. The lowest BCUT2D eigenvalue weighted by molar-refractivity contribution is 1.26. The summed E-state index contributed by atoms with van der Waals surface area (Å²) in [4.78, 5) is 4.24. The average molecular weight is 190 g/mol. The van der Waals surface area contributed by atoms with Crippen molar-refractivity contribution >= 4 is 27.6 Å². The van der Waals surface area contributed by atoms with Crippen molar-refractivity contribution in [2.24, 2.45) is 5.73 Å². The third-order valence-electron chi connectivity index (χ3n) is 1.82. The van der Waals surface area contributed by atoms with Gasteiger partial charge >= 0.3 is 0 Å². The maximum Gasteiger partial charge on any atom is 0.0818 e. The van der Waals surface area contributed by atoms with Gasteiger partial charge in [0, 0.05) is 6.54 Å². The van der Waals surface area contributed by atoms with Crippen LogP contribution >= 0.6 is 11.3 Å². The van der Waals surface area contributed by atoms with Gasteiger partial charge in [0.05, 0.1) is 15.7 Å². The standard InChI is InChI=1S/C10H10N2S/c11-6-2-4-8-3-1-5-9-10(8)13-7-12-9/h1-5,7H,6,11H2/b4-2+. The average Bonchev–Trinajstić information content (AvgIpc) is 2.62. The molecule has 1 heterocycles. The molecule has 66 valence electrons. The van der Waals surface area contributed by atoms with Crippen molar-refractivity contribution in [1.29, 1.82) is 0 Å². The molecule has 0 amide bonds. The van der Waals surface area contributed by atoms with Gasteiger partial charge in [0.15, 0.2) is 0 Å². The lowest BCUT2D eigenvalue weighted by Gasteiger charge is -1.93. The molecule has 2 N–H and O–H groups in total. The third-order valence-corrected chi connectivity index (χ3v) is 2.71. The molecule has 2 nitrogen and oxygen atoms in total. The molecule has 2 aromatic rings. The number of nitrogens with two attached hydrogens (primary N) is 1. The van der Waals surface area contributed by atoms with Crippen molar-refractivity contribution in [2.75, 3.05) is 6.54 Å². The Morgan fingerprint density at radius 2 is 2.38 bits per heavy atom. The molecule has 0 aliphatic carbocycles. The fourth-order valence-corrected chi connectivity index (χ4v) is 2.02. The second-order valence-electron chi connectivity index (χ2n) is 2.69. The molecule has 0 saturated heterocycles. The quantitative estimate of drug-likeness (QED) is 0.789. The van der Waals surface area contributed by atoms with Crippen molar-refractivity contribution in [2.45, 2.75) is 0 Å². The van der Waals surface area contributed by atoms with Crippen molar-refractivity contribution in [3.63, 3.8) is 0 Å². The highest BCUT2D eigenvalue weighted by Crippen LogP contribution is 2.22. The van der Waals surface area contributed by atoms with Gasteiger partial charge in [0.2, 0.25) is 0 Å². The van der Waals surface area contributed by atoms with Crippen LogP contribution in [0.3, 0.4) is 0 Å². The molecule has 13 heavy (non-hydrogen) atoms. The van der Waals surface area contributed by atoms with E-state index in [1.807, 2.05) is 29.8 Å². The van der Waals surface area contributed by atoms with E-state index in [0.29, 0.717) is 6.54 Å². The Labute approximate surface area is 80.7 Å². The molecule has 0 radical (unpaired) electrons. The second kappa shape index (κ2) is 3.68. The number of aromatic nitrogens is 1. The Morgan fingerprint density at radius 3 is 3.23 bits per heavy atom. The Hall–Kier alpha value is -1.19. The number of fused-ring (bicyclic) bond motifs is 1. The maximum absolute atomic E-state index is 5.40. The summed E-state index contributed by atoms with van der Waals surface area (Å²) in [5, 5.41) is 0. The zero-order valence-electron chi connectivity index (χ0n) is 7.10. The molecule has 0 atom stereocenters. The summed E-state index contributed by atoms with van der Waals surface area (Å²) in [6.45, 7) is 0.579. The number of hydrogen-bond donors (Lipinski definition) is 1. The van der Waals surface area contributed by atoms with E-state index in [2.05, 4.69) is 11.1 Å². The Kier molecular flexibility index (Phi) is 2.38. The molecule has 0 saturated carbocycles. The van der Waals surface area contributed by atoms with Crippen molar-refractivity contribution in [3.05, 3.63) is 35.3 Å². The summed E-state index contributed by atoms with van der Waals surface area (Å²) in [5.74, 6) is 0. The van der Waals surface area contributed by atoms with Gasteiger partial charge in [-0.1, -0.05) is 24.3 Å². The first kappa shape index (κ1) is 8.41. The van der Waals surface area contributed by atoms with Crippen LogP contribution < -0.4 is 5.73 Å². The molecule has 0 aliphatic rings. The fraction of sp³-hybridized carbons (Fsp3) is 0.100. The van der Waals surface area contributed by atoms with Crippen LogP contribution in [0.5, 0.6) is 0 Å². The van der Waals surface area contributed by atoms with E-state index >= 15 is 0 Å². The highest BCUT2D eigenvalue weighted by molar-refractivity contribution is 7.17. The van der Waals surface area contributed by atoms with Crippen LogP contribution in [-0.2, 0) is 0 Å². The van der Waals surface area contributed by atoms with Gasteiger partial charge < -0.3 is 5.73 Å². The Balaban J connectivity index is 2.54. The van der Waals surface area contributed by atoms with Crippen molar-refractivity contribution in [3.8, 4) is 0 Å². The van der Waals surface area contributed by atoms with Gasteiger partial charge in [0.25, 0.3) is 0 Å². The summed E-state index contributed by atoms with van der Waals surface area (Å²) in [6, 6.07) is 6.11. The zero-order chi connectivity index (χ0) is 9.10. The minimum absolute atomic E-state index is 0.579. The molecule has 3 heteroatoms. The van der Waals surface area contributed by atoms with E-state index in [1.54, 1.807) is 11.3 Å². The van der Waals surface area contributed by atoms with Crippen LogP contribution in [0.1, 0.15) is 5.56 Å². The monoisotopic (exact) mass is 190 g/mol. The molecule has 1 aromatic carbocycles. The van der Waals surface area contributed by atoms with Crippen LogP contribution in [0.2, 0.25) is 0 Å². The molecule has 2 rings (SSSR count). The van der Waals surface area contributed by atoms with Crippen LogP contribution in [-0.4, -0.2) is 11.5 Å². The summed E-state index contributed by atoms with van der Waals surface area (Å²) in [7, 11) is 0. The largest absolute Gasteiger partial charge is 0.327 e. The first-order chi connectivity index (χ1) is 6.42. The molecule has 0 unspecified atom stereocenters. The Bertz CT molecular complexity index is 431. The molecular formula is C10H10N2S. The van der Waals surface area contributed by atoms with Gasteiger partial charge in [-0.2, -0.15) is 0 Å². The summed E-state index contributed by atoms with van der Waals surface area (Å²) >= 11 is 1.66. The first-order valence-electron chi connectivity index (χ1n) is 4.10. The van der Waals surface area contributed by atoms with Gasteiger partial charge in [-0.25, -0.2) is 4.98 Å². The van der Waals surface area contributed by atoms with Gasteiger partial charge in [0.1, 0.15) is 0 Å². The van der Waals surface area contributed by atoms with Crippen molar-refractivity contribution in [1.82, 2.24) is 4.98 Å².